The molecule has 0 amide bonds. The van der Waals surface area contributed by atoms with Crippen molar-refractivity contribution in [1.29, 1.82) is 0 Å². The monoisotopic (exact) mass is 477 g/mol. The van der Waals surface area contributed by atoms with Crippen LogP contribution in [0.25, 0.3) is 33.7 Å². The standard InChI is InChI=1S/C25H20ClN3O3S/c1-2-3-13-31-19-9-7-16(8-10-19)23-27-25-29(28-23)24(30)22(33-25)15-20-11-12-21(32-20)17-5-4-6-18(26)14-17/h4-12,14-15H,2-3,13H2,1H3. The summed E-state index contributed by atoms with van der Waals surface area (Å²) < 4.78 is 13.4. The Morgan fingerprint density at radius 1 is 1.12 bits per heavy atom. The van der Waals surface area contributed by atoms with E-state index in [-0.39, 0.29) is 5.56 Å². The van der Waals surface area contributed by atoms with Crippen molar-refractivity contribution in [2.24, 2.45) is 0 Å². The van der Waals surface area contributed by atoms with E-state index in [0.29, 0.717) is 38.5 Å². The van der Waals surface area contributed by atoms with Gasteiger partial charge in [0.05, 0.1) is 6.61 Å². The van der Waals surface area contributed by atoms with E-state index >= 15 is 0 Å². The minimum Gasteiger partial charge on any atom is -0.494 e. The molecule has 0 atom stereocenters. The number of ether oxygens (including phenoxy) is 1. The number of hydrogen-bond donors (Lipinski definition) is 0. The van der Waals surface area contributed by atoms with Crippen molar-refractivity contribution < 1.29 is 9.15 Å². The van der Waals surface area contributed by atoms with E-state index in [9.17, 15) is 4.79 Å². The average molecular weight is 478 g/mol. The minimum absolute atomic E-state index is 0.228. The Bertz CT molecular complexity index is 1520. The molecule has 5 aromatic rings. The maximum absolute atomic E-state index is 12.9. The summed E-state index contributed by atoms with van der Waals surface area (Å²) in [7, 11) is 0. The summed E-state index contributed by atoms with van der Waals surface area (Å²) in [5.41, 5.74) is 1.48. The van der Waals surface area contributed by atoms with E-state index in [4.69, 9.17) is 20.8 Å². The van der Waals surface area contributed by atoms with Crippen molar-refractivity contribution in [2.45, 2.75) is 19.8 Å². The molecule has 0 saturated heterocycles. The van der Waals surface area contributed by atoms with Gasteiger partial charge in [-0.3, -0.25) is 4.79 Å². The predicted molar refractivity (Wildman–Crippen MR) is 131 cm³/mol. The number of thiazole rings is 1. The first kappa shape index (κ1) is 21.4. The van der Waals surface area contributed by atoms with Crippen molar-refractivity contribution in [1.82, 2.24) is 14.6 Å². The maximum atomic E-state index is 12.9. The summed E-state index contributed by atoms with van der Waals surface area (Å²) in [5.74, 6) is 2.57. The fourth-order valence-corrected chi connectivity index (χ4v) is 4.43. The topological polar surface area (TPSA) is 69.6 Å². The quantitative estimate of drug-likeness (QED) is 0.291. The van der Waals surface area contributed by atoms with Gasteiger partial charge >= 0.3 is 0 Å². The number of nitrogens with zero attached hydrogens (tertiary/aromatic N) is 3. The Kier molecular flexibility index (Phi) is 5.98. The largest absolute Gasteiger partial charge is 0.494 e. The van der Waals surface area contributed by atoms with E-state index < -0.39 is 0 Å². The molecule has 2 aromatic carbocycles. The van der Waals surface area contributed by atoms with E-state index in [0.717, 1.165) is 29.7 Å². The Labute approximate surface area is 198 Å². The average Bonchev–Trinajstić information content (AvgIpc) is 3.52. The lowest BCUT2D eigenvalue weighted by molar-refractivity contribution is 0.309. The zero-order valence-electron chi connectivity index (χ0n) is 17.8. The number of benzene rings is 2. The molecule has 166 valence electrons. The van der Waals surface area contributed by atoms with Crippen molar-refractivity contribution >= 4 is 34.0 Å². The number of fused-ring (bicyclic) bond motifs is 1. The first-order valence-electron chi connectivity index (χ1n) is 10.6. The fourth-order valence-electron chi connectivity index (χ4n) is 3.35. The summed E-state index contributed by atoms with van der Waals surface area (Å²) in [6, 6.07) is 18.7. The molecule has 6 nitrogen and oxygen atoms in total. The lowest BCUT2D eigenvalue weighted by Crippen LogP contribution is -2.23. The van der Waals surface area contributed by atoms with Crippen molar-refractivity contribution in [3.8, 4) is 28.5 Å². The van der Waals surface area contributed by atoms with Crippen LogP contribution in [0.1, 0.15) is 25.5 Å². The highest BCUT2D eigenvalue weighted by atomic mass is 35.5. The van der Waals surface area contributed by atoms with Crippen LogP contribution in [0.5, 0.6) is 5.75 Å². The molecule has 0 fully saturated rings. The van der Waals surface area contributed by atoms with Gasteiger partial charge in [0.2, 0.25) is 4.96 Å². The molecule has 5 rings (SSSR count). The van der Waals surface area contributed by atoms with Gasteiger partial charge in [-0.05, 0) is 55.0 Å². The highest BCUT2D eigenvalue weighted by molar-refractivity contribution is 7.15. The minimum atomic E-state index is -0.228. The number of rotatable bonds is 7. The van der Waals surface area contributed by atoms with Gasteiger partial charge in [0.25, 0.3) is 5.56 Å². The number of unbranched alkanes of at least 4 members (excludes halogenated alkanes) is 1. The first-order chi connectivity index (χ1) is 16.1. The Morgan fingerprint density at radius 2 is 1.97 bits per heavy atom. The highest BCUT2D eigenvalue weighted by Gasteiger charge is 2.13. The van der Waals surface area contributed by atoms with Crippen LogP contribution in [0, 0.1) is 0 Å². The van der Waals surface area contributed by atoms with Crippen LogP contribution in [0.2, 0.25) is 5.02 Å². The molecule has 0 unspecified atom stereocenters. The lowest BCUT2D eigenvalue weighted by atomic mass is 10.2. The third-order valence-corrected chi connectivity index (χ3v) is 6.26. The first-order valence-corrected chi connectivity index (χ1v) is 11.8. The Morgan fingerprint density at radius 3 is 2.73 bits per heavy atom. The number of halogens is 1. The van der Waals surface area contributed by atoms with Crippen LogP contribution < -0.4 is 14.8 Å². The second kappa shape index (κ2) is 9.21. The summed E-state index contributed by atoms with van der Waals surface area (Å²) >= 11 is 7.34. The van der Waals surface area contributed by atoms with Gasteiger partial charge in [0.15, 0.2) is 5.82 Å². The van der Waals surface area contributed by atoms with Gasteiger partial charge in [0.1, 0.15) is 21.8 Å². The number of hydrogen-bond acceptors (Lipinski definition) is 6. The molecule has 0 aliphatic heterocycles. The summed E-state index contributed by atoms with van der Waals surface area (Å²) in [4.78, 5) is 17.9. The number of aromatic nitrogens is 3. The van der Waals surface area contributed by atoms with E-state index in [1.807, 2.05) is 60.7 Å². The van der Waals surface area contributed by atoms with Crippen LogP contribution in [0.4, 0.5) is 0 Å². The van der Waals surface area contributed by atoms with Crippen molar-refractivity contribution in [3.05, 3.63) is 86.3 Å². The number of furan rings is 1. The predicted octanol–water partition coefficient (Wildman–Crippen LogP) is 5.46. The van der Waals surface area contributed by atoms with Gasteiger partial charge in [-0.1, -0.05) is 48.4 Å². The summed E-state index contributed by atoms with van der Waals surface area (Å²) in [5, 5.41) is 5.05. The third kappa shape index (κ3) is 4.55. The molecule has 0 N–H and O–H groups in total. The highest BCUT2D eigenvalue weighted by Crippen LogP contribution is 2.25. The molecule has 3 aromatic heterocycles. The smallest absolute Gasteiger partial charge is 0.291 e. The molecule has 0 saturated carbocycles. The third-order valence-electron chi connectivity index (χ3n) is 5.07. The molecular formula is C25H20ClN3O3S. The molecule has 3 heterocycles. The Hall–Kier alpha value is -3.42. The van der Waals surface area contributed by atoms with E-state index in [2.05, 4.69) is 17.0 Å². The second-order valence-electron chi connectivity index (χ2n) is 7.48. The van der Waals surface area contributed by atoms with Crippen LogP contribution in [0.3, 0.4) is 0 Å². The lowest BCUT2D eigenvalue weighted by Gasteiger charge is -2.05. The SMILES string of the molecule is CCCCOc1ccc(-c2nc3sc(=Cc4ccc(-c5cccc(Cl)c5)o4)c(=O)n3n2)cc1. The molecule has 33 heavy (non-hydrogen) atoms. The van der Waals surface area contributed by atoms with Crippen molar-refractivity contribution in [3.63, 3.8) is 0 Å². The van der Waals surface area contributed by atoms with Gasteiger partial charge in [-0.15, -0.1) is 5.10 Å². The van der Waals surface area contributed by atoms with Crippen LogP contribution in [0.15, 0.2) is 69.9 Å². The second-order valence-corrected chi connectivity index (χ2v) is 8.93. The van der Waals surface area contributed by atoms with Crippen LogP contribution in [-0.2, 0) is 0 Å². The van der Waals surface area contributed by atoms with Crippen LogP contribution >= 0.6 is 22.9 Å². The molecule has 0 radical (unpaired) electrons. The maximum Gasteiger partial charge on any atom is 0.291 e. The molecule has 0 aliphatic carbocycles. The fraction of sp³-hybridized carbons (Fsp3) is 0.160. The molecule has 8 heteroatoms. The summed E-state index contributed by atoms with van der Waals surface area (Å²) in [6.07, 6.45) is 3.82. The van der Waals surface area contributed by atoms with Crippen LogP contribution in [-0.4, -0.2) is 21.2 Å². The van der Waals surface area contributed by atoms with E-state index in [1.54, 1.807) is 6.08 Å². The van der Waals surface area contributed by atoms with E-state index in [1.165, 1.54) is 15.9 Å². The molecule has 0 bridgehead atoms. The Balaban J connectivity index is 1.40. The van der Waals surface area contributed by atoms with Crippen molar-refractivity contribution in [2.75, 3.05) is 6.61 Å². The zero-order chi connectivity index (χ0) is 22.8. The molecule has 0 spiro atoms. The van der Waals surface area contributed by atoms with Gasteiger partial charge in [-0.2, -0.15) is 9.50 Å². The zero-order valence-corrected chi connectivity index (χ0v) is 19.4. The van der Waals surface area contributed by atoms with Gasteiger partial charge in [-0.25, -0.2) is 0 Å². The molecular weight excluding hydrogens is 458 g/mol. The molecule has 0 aliphatic rings. The normalized spacial score (nSPS) is 12.0. The van der Waals surface area contributed by atoms with Gasteiger partial charge < -0.3 is 9.15 Å². The van der Waals surface area contributed by atoms with Gasteiger partial charge in [0, 0.05) is 22.2 Å². The summed E-state index contributed by atoms with van der Waals surface area (Å²) in [6.45, 7) is 2.83.